The highest BCUT2D eigenvalue weighted by atomic mass is 16.5. The minimum atomic E-state index is 0.237. The second kappa shape index (κ2) is 7.21. The molecule has 0 amide bonds. The molecule has 0 spiro atoms. The summed E-state index contributed by atoms with van der Waals surface area (Å²) in [7, 11) is 2.18. The molecule has 0 saturated carbocycles. The molecule has 1 saturated heterocycles. The lowest BCUT2D eigenvalue weighted by molar-refractivity contribution is -0.0393. The Morgan fingerprint density at radius 3 is 2.90 bits per heavy atom. The van der Waals surface area contributed by atoms with Crippen molar-refractivity contribution in [1.29, 1.82) is 0 Å². The van der Waals surface area contributed by atoms with Crippen molar-refractivity contribution < 1.29 is 4.74 Å². The highest BCUT2D eigenvalue weighted by Gasteiger charge is 2.28. The molecule has 1 aromatic rings. The predicted molar refractivity (Wildman–Crippen MR) is 84.2 cm³/mol. The van der Waals surface area contributed by atoms with E-state index in [1.165, 1.54) is 16.7 Å². The van der Waals surface area contributed by atoms with Gasteiger partial charge in [0, 0.05) is 13.1 Å². The molecule has 1 fully saturated rings. The van der Waals surface area contributed by atoms with E-state index in [2.05, 4.69) is 56.2 Å². The molecule has 3 nitrogen and oxygen atoms in total. The molecule has 1 N–H and O–H groups in total. The monoisotopic (exact) mass is 276 g/mol. The van der Waals surface area contributed by atoms with Gasteiger partial charge in [-0.05, 0) is 45.0 Å². The molecule has 1 heterocycles. The van der Waals surface area contributed by atoms with Crippen molar-refractivity contribution >= 4 is 0 Å². The number of benzene rings is 1. The first kappa shape index (κ1) is 15.5. The molecule has 20 heavy (non-hydrogen) atoms. The van der Waals surface area contributed by atoms with E-state index in [4.69, 9.17) is 4.74 Å². The molecule has 0 radical (unpaired) electrons. The van der Waals surface area contributed by atoms with Gasteiger partial charge in [-0.25, -0.2) is 0 Å². The summed E-state index contributed by atoms with van der Waals surface area (Å²) < 4.78 is 6.05. The summed E-state index contributed by atoms with van der Waals surface area (Å²) in [4.78, 5) is 2.36. The lowest BCUT2D eigenvalue weighted by Gasteiger charge is -2.36. The van der Waals surface area contributed by atoms with Gasteiger partial charge in [0.05, 0.1) is 18.8 Å². The SMILES string of the molecule is CCCNC(c1cc(C)ccc1C)C1CN(C)CCO1. The van der Waals surface area contributed by atoms with Crippen LogP contribution in [0.25, 0.3) is 0 Å². The van der Waals surface area contributed by atoms with Crippen molar-refractivity contribution in [2.45, 2.75) is 39.3 Å². The largest absolute Gasteiger partial charge is 0.374 e. The van der Waals surface area contributed by atoms with Crippen molar-refractivity contribution in [3.63, 3.8) is 0 Å². The Morgan fingerprint density at radius 2 is 2.20 bits per heavy atom. The normalized spacial score (nSPS) is 21.9. The van der Waals surface area contributed by atoms with E-state index in [-0.39, 0.29) is 12.1 Å². The van der Waals surface area contributed by atoms with Crippen molar-refractivity contribution in [3.8, 4) is 0 Å². The van der Waals surface area contributed by atoms with Gasteiger partial charge in [-0.15, -0.1) is 0 Å². The zero-order valence-corrected chi connectivity index (χ0v) is 13.3. The van der Waals surface area contributed by atoms with E-state index < -0.39 is 0 Å². The highest BCUT2D eigenvalue weighted by molar-refractivity contribution is 5.34. The third-order valence-corrected chi connectivity index (χ3v) is 4.05. The van der Waals surface area contributed by atoms with Crippen LogP contribution in [0.1, 0.15) is 36.1 Å². The van der Waals surface area contributed by atoms with Gasteiger partial charge in [0.15, 0.2) is 0 Å². The van der Waals surface area contributed by atoms with E-state index in [9.17, 15) is 0 Å². The van der Waals surface area contributed by atoms with Gasteiger partial charge < -0.3 is 15.0 Å². The topological polar surface area (TPSA) is 24.5 Å². The minimum absolute atomic E-state index is 0.237. The molecular formula is C17H28N2O. The zero-order valence-electron chi connectivity index (χ0n) is 13.3. The van der Waals surface area contributed by atoms with Crippen LogP contribution in [-0.4, -0.2) is 44.3 Å². The summed E-state index contributed by atoms with van der Waals surface area (Å²) in [5.41, 5.74) is 4.05. The molecule has 1 aromatic carbocycles. The van der Waals surface area contributed by atoms with E-state index in [0.29, 0.717) is 0 Å². The van der Waals surface area contributed by atoms with Gasteiger partial charge in [-0.3, -0.25) is 0 Å². The van der Waals surface area contributed by atoms with Gasteiger partial charge >= 0.3 is 0 Å². The number of morpholine rings is 1. The highest BCUT2D eigenvalue weighted by Crippen LogP contribution is 2.26. The lowest BCUT2D eigenvalue weighted by Crippen LogP contribution is -2.47. The maximum atomic E-state index is 6.05. The van der Waals surface area contributed by atoms with E-state index in [1.54, 1.807) is 0 Å². The summed E-state index contributed by atoms with van der Waals surface area (Å²) in [6.07, 6.45) is 1.38. The Bertz CT molecular complexity index is 433. The van der Waals surface area contributed by atoms with Crippen molar-refractivity contribution in [3.05, 3.63) is 34.9 Å². The van der Waals surface area contributed by atoms with Crippen LogP contribution < -0.4 is 5.32 Å². The summed E-state index contributed by atoms with van der Waals surface area (Å²) in [5, 5.41) is 3.69. The maximum absolute atomic E-state index is 6.05. The van der Waals surface area contributed by atoms with Gasteiger partial charge in [0.25, 0.3) is 0 Å². The quantitative estimate of drug-likeness (QED) is 0.895. The number of hydrogen-bond donors (Lipinski definition) is 1. The number of aryl methyl sites for hydroxylation is 2. The Kier molecular flexibility index (Phi) is 5.58. The molecule has 2 atom stereocenters. The predicted octanol–water partition coefficient (Wildman–Crippen LogP) is 2.67. The average molecular weight is 276 g/mol. The Hall–Kier alpha value is -0.900. The van der Waals surface area contributed by atoms with E-state index >= 15 is 0 Å². The summed E-state index contributed by atoms with van der Waals surface area (Å²) in [5.74, 6) is 0. The van der Waals surface area contributed by atoms with Crippen LogP contribution in [-0.2, 0) is 4.74 Å². The molecule has 0 aliphatic carbocycles. The van der Waals surface area contributed by atoms with Crippen LogP contribution in [0.15, 0.2) is 18.2 Å². The van der Waals surface area contributed by atoms with Crippen LogP contribution in [0.4, 0.5) is 0 Å². The molecule has 112 valence electrons. The van der Waals surface area contributed by atoms with Gasteiger partial charge in [-0.2, -0.15) is 0 Å². The zero-order chi connectivity index (χ0) is 14.5. The molecule has 1 aliphatic heterocycles. The minimum Gasteiger partial charge on any atom is -0.374 e. The summed E-state index contributed by atoms with van der Waals surface area (Å²) in [6.45, 7) is 10.5. The standard InChI is InChI=1S/C17H28N2O/c1-5-8-18-17(16-12-19(4)9-10-20-16)15-11-13(2)6-7-14(15)3/h6-7,11,16-18H,5,8-10,12H2,1-4H3. The molecule has 1 aliphatic rings. The van der Waals surface area contributed by atoms with Crippen molar-refractivity contribution in [2.24, 2.45) is 0 Å². The summed E-state index contributed by atoms with van der Waals surface area (Å²) >= 11 is 0. The van der Waals surface area contributed by atoms with Crippen LogP contribution in [0.2, 0.25) is 0 Å². The molecule has 0 aromatic heterocycles. The fourth-order valence-electron chi connectivity index (χ4n) is 2.85. The maximum Gasteiger partial charge on any atom is 0.0896 e. The molecule has 0 bridgehead atoms. The van der Waals surface area contributed by atoms with E-state index in [0.717, 1.165) is 32.7 Å². The fraction of sp³-hybridized carbons (Fsp3) is 0.647. The Morgan fingerprint density at radius 1 is 1.40 bits per heavy atom. The van der Waals surface area contributed by atoms with Gasteiger partial charge in [-0.1, -0.05) is 30.7 Å². The van der Waals surface area contributed by atoms with E-state index in [1.807, 2.05) is 0 Å². The summed E-state index contributed by atoms with van der Waals surface area (Å²) in [6, 6.07) is 7.00. The second-order valence-corrected chi connectivity index (χ2v) is 5.96. The van der Waals surface area contributed by atoms with Gasteiger partial charge in [0.1, 0.15) is 0 Å². The van der Waals surface area contributed by atoms with Crippen LogP contribution in [0.5, 0.6) is 0 Å². The first-order chi connectivity index (χ1) is 9.61. The molecule has 3 heteroatoms. The second-order valence-electron chi connectivity index (χ2n) is 5.96. The average Bonchev–Trinajstić information content (AvgIpc) is 2.43. The first-order valence-corrected chi connectivity index (χ1v) is 7.72. The third-order valence-electron chi connectivity index (χ3n) is 4.05. The lowest BCUT2D eigenvalue weighted by atomic mass is 9.94. The number of nitrogens with zero attached hydrogens (tertiary/aromatic N) is 1. The number of rotatable bonds is 5. The van der Waals surface area contributed by atoms with Crippen molar-refractivity contribution in [2.75, 3.05) is 33.3 Å². The molecule has 2 unspecified atom stereocenters. The van der Waals surface area contributed by atoms with Gasteiger partial charge in [0.2, 0.25) is 0 Å². The Balaban J connectivity index is 2.23. The van der Waals surface area contributed by atoms with Crippen LogP contribution in [0.3, 0.4) is 0 Å². The first-order valence-electron chi connectivity index (χ1n) is 7.72. The number of hydrogen-bond acceptors (Lipinski definition) is 3. The smallest absolute Gasteiger partial charge is 0.0896 e. The fourth-order valence-corrected chi connectivity index (χ4v) is 2.85. The van der Waals surface area contributed by atoms with Crippen LogP contribution in [0, 0.1) is 13.8 Å². The number of likely N-dealkylation sites (N-methyl/N-ethyl adjacent to an activating group) is 1. The van der Waals surface area contributed by atoms with Crippen molar-refractivity contribution in [1.82, 2.24) is 10.2 Å². The number of nitrogens with one attached hydrogen (secondary N) is 1. The number of ether oxygens (including phenoxy) is 1. The Labute approximate surface area is 123 Å². The third kappa shape index (κ3) is 3.81. The van der Waals surface area contributed by atoms with Crippen LogP contribution >= 0.6 is 0 Å². The molecule has 2 rings (SSSR count). The molecular weight excluding hydrogens is 248 g/mol.